The molecule has 3 nitrogen and oxygen atoms in total. The lowest BCUT2D eigenvalue weighted by molar-refractivity contribution is 0.0297. The molecule has 0 saturated carbocycles. The maximum absolute atomic E-state index is 5.49. The molecular formula is C17H25IN2O. The van der Waals surface area contributed by atoms with Gasteiger partial charge in [-0.2, -0.15) is 0 Å². The van der Waals surface area contributed by atoms with Crippen molar-refractivity contribution in [2.75, 3.05) is 33.4 Å². The Balaban J connectivity index is 1.57. The van der Waals surface area contributed by atoms with E-state index in [0.29, 0.717) is 16.1 Å². The highest BCUT2D eigenvalue weighted by atomic mass is 127. The summed E-state index contributed by atoms with van der Waals surface area (Å²) in [5.41, 5.74) is 1.42. The predicted molar refractivity (Wildman–Crippen MR) is 94.8 cm³/mol. The number of halogens is 1. The van der Waals surface area contributed by atoms with Gasteiger partial charge in [0.05, 0.1) is 4.05 Å². The van der Waals surface area contributed by atoms with Crippen molar-refractivity contribution < 1.29 is 4.74 Å². The summed E-state index contributed by atoms with van der Waals surface area (Å²) in [6, 6.07) is 12.3. The van der Waals surface area contributed by atoms with Crippen molar-refractivity contribution in [2.24, 2.45) is 0 Å². The summed E-state index contributed by atoms with van der Waals surface area (Å²) in [7, 11) is 2.31. The Morgan fingerprint density at radius 3 is 2.57 bits per heavy atom. The summed E-state index contributed by atoms with van der Waals surface area (Å²) in [5, 5.41) is 0. The third-order valence-electron chi connectivity index (χ3n) is 4.93. The quantitative estimate of drug-likeness (QED) is 0.438. The summed E-state index contributed by atoms with van der Waals surface area (Å²) in [6.07, 6.45) is 3.68. The molecule has 0 amide bonds. The van der Waals surface area contributed by atoms with Crippen molar-refractivity contribution in [1.82, 2.24) is 9.80 Å². The minimum absolute atomic E-state index is 0.497. The van der Waals surface area contributed by atoms with Gasteiger partial charge in [-0.3, -0.25) is 9.80 Å². The molecule has 2 saturated heterocycles. The van der Waals surface area contributed by atoms with Crippen LogP contribution in [0.1, 0.15) is 28.9 Å². The standard InChI is InChI=1S/C17H25IN2O/c1-19(15-8-11-21-12-9-15)16-7-10-20(13-16)17(18)14-5-3-2-4-6-14/h2-6,15-17H,7-13H2,1H3. The van der Waals surface area contributed by atoms with Gasteiger partial charge in [-0.15, -0.1) is 0 Å². The van der Waals surface area contributed by atoms with Crippen LogP contribution in [0, 0.1) is 0 Å². The van der Waals surface area contributed by atoms with E-state index in [0.717, 1.165) is 13.2 Å². The first-order valence-electron chi connectivity index (χ1n) is 7.98. The average molecular weight is 400 g/mol. The van der Waals surface area contributed by atoms with Gasteiger partial charge in [0.1, 0.15) is 0 Å². The number of rotatable bonds is 4. The molecular weight excluding hydrogens is 375 g/mol. The van der Waals surface area contributed by atoms with Crippen LogP contribution in [-0.2, 0) is 4.74 Å². The van der Waals surface area contributed by atoms with Crippen LogP contribution in [0.4, 0.5) is 0 Å². The van der Waals surface area contributed by atoms with Crippen LogP contribution < -0.4 is 0 Å². The summed E-state index contributed by atoms with van der Waals surface area (Å²) in [5.74, 6) is 0. The smallest absolute Gasteiger partial charge is 0.0874 e. The molecule has 0 radical (unpaired) electrons. The summed E-state index contributed by atoms with van der Waals surface area (Å²) in [6.45, 7) is 4.27. The molecule has 0 bridgehead atoms. The molecule has 3 rings (SSSR count). The van der Waals surface area contributed by atoms with Crippen LogP contribution in [0.25, 0.3) is 0 Å². The highest BCUT2D eigenvalue weighted by Gasteiger charge is 2.33. The zero-order valence-electron chi connectivity index (χ0n) is 12.7. The molecule has 2 heterocycles. The van der Waals surface area contributed by atoms with Crippen LogP contribution >= 0.6 is 22.6 Å². The van der Waals surface area contributed by atoms with Gasteiger partial charge in [0, 0.05) is 38.4 Å². The number of hydrogen-bond acceptors (Lipinski definition) is 3. The maximum atomic E-state index is 5.49. The van der Waals surface area contributed by atoms with Gasteiger partial charge in [0.25, 0.3) is 0 Å². The number of hydrogen-bond donors (Lipinski definition) is 0. The molecule has 4 heteroatoms. The highest BCUT2D eigenvalue weighted by Crippen LogP contribution is 2.32. The summed E-state index contributed by atoms with van der Waals surface area (Å²) < 4.78 is 5.99. The zero-order chi connectivity index (χ0) is 14.7. The van der Waals surface area contributed by atoms with Crippen molar-refractivity contribution in [3.63, 3.8) is 0 Å². The molecule has 2 aliphatic heterocycles. The minimum Gasteiger partial charge on any atom is -0.381 e. The second-order valence-corrected chi connectivity index (χ2v) is 7.37. The third-order valence-corrected chi connectivity index (χ3v) is 6.44. The van der Waals surface area contributed by atoms with E-state index in [9.17, 15) is 0 Å². The third kappa shape index (κ3) is 3.78. The average Bonchev–Trinajstić information content (AvgIpc) is 3.05. The van der Waals surface area contributed by atoms with Gasteiger partial charge in [0.15, 0.2) is 0 Å². The first-order chi connectivity index (χ1) is 10.3. The molecule has 0 spiro atoms. The van der Waals surface area contributed by atoms with E-state index < -0.39 is 0 Å². The molecule has 2 aliphatic rings. The largest absolute Gasteiger partial charge is 0.381 e. The lowest BCUT2D eigenvalue weighted by atomic mass is 10.1. The Morgan fingerprint density at radius 2 is 1.86 bits per heavy atom. The van der Waals surface area contributed by atoms with Crippen molar-refractivity contribution in [1.29, 1.82) is 0 Å². The fourth-order valence-electron chi connectivity index (χ4n) is 3.52. The summed E-state index contributed by atoms with van der Waals surface area (Å²) >= 11 is 2.58. The molecule has 2 fully saturated rings. The van der Waals surface area contributed by atoms with E-state index in [1.807, 2.05) is 0 Å². The molecule has 1 aromatic rings. The molecule has 0 aromatic heterocycles. The number of ether oxygens (including phenoxy) is 1. The molecule has 1 aromatic carbocycles. The molecule has 21 heavy (non-hydrogen) atoms. The Bertz CT molecular complexity index is 436. The van der Waals surface area contributed by atoms with Crippen molar-refractivity contribution in [2.45, 2.75) is 35.4 Å². The lowest BCUT2D eigenvalue weighted by Gasteiger charge is -2.35. The topological polar surface area (TPSA) is 15.7 Å². The Kier molecular flexibility index (Phi) is 5.54. The van der Waals surface area contributed by atoms with E-state index in [-0.39, 0.29) is 0 Å². The van der Waals surface area contributed by atoms with Crippen molar-refractivity contribution in [3.8, 4) is 0 Å². The number of likely N-dealkylation sites (tertiary alicyclic amines) is 1. The van der Waals surface area contributed by atoms with Gasteiger partial charge >= 0.3 is 0 Å². The monoisotopic (exact) mass is 400 g/mol. The Hall–Kier alpha value is -0.170. The first-order valence-corrected chi connectivity index (χ1v) is 9.23. The van der Waals surface area contributed by atoms with Gasteiger partial charge in [-0.1, -0.05) is 52.9 Å². The van der Waals surface area contributed by atoms with Crippen LogP contribution in [0.15, 0.2) is 30.3 Å². The summed E-state index contributed by atoms with van der Waals surface area (Å²) in [4.78, 5) is 5.24. The van der Waals surface area contributed by atoms with Gasteiger partial charge in [-0.25, -0.2) is 0 Å². The SMILES string of the molecule is CN(C1CCOCC1)C1CCN(C(I)c2ccccc2)C1. The number of benzene rings is 1. The predicted octanol–water partition coefficient (Wildman–Crippen LogP) is 3.31. The van der Waals surface area contributed by atoms with E-state index >= 15 is 0 Å². The lowest BCUT2D eigenvalue weighted by Crippen LogP contribution is -2.44. The number of likely N-dealkylation sites (N-methyl/N-ethyl adjacent to an activating group) is 1. The number of alkyl halides is 1. The van der Waals surface area contributed by atoms with E-state index in [4.69, 9.17) is 4.74 Å². The highest BCUT2D eigenvalue weighted by molar-refractivity contribution is 14.1. The normalized spacial score (nSPS) is 26.3. The maximum Gasteiger partial charge on any atom is 0.0874 e. The van der Waals surface area contributed by atoms with Crippen molar-refractivity contribution >= 4 is 22.6 Å². The zero-order valence-corrected chi connectivity index (χ0v) is 14.9. The van der Waals surface area contributed by atoms with Gasteiger partial charge in [0.2, 0.25) is 0 Å². The fraction of sp³-hybridized carbons (Fsp3) is 0.647. The molecule has 0 aliphatic carbocycles. The molecule has 2 atom stereocenters. The molecule has 2 unspecified atom stereocenters. The second-order valence-electron chi connectivity index (χ2n) is 6.19. The van der Waals surface area contributed by atoms with Crippen LogP contribution in [0.3, 0.4) is 0 Å². The van der Waals surface area contributed by atoms with E-state index in [1.54, 1.807) is 0 Å². The van der Waals surface area contributed by atoms with Crippen molar-refractivity contribution in [3.05, 3.63) is 35.9 Å². The van der Waals surface area contributed by atoms with Crippen LogP contribution in [-0.4, -0.2) is 55.2 Å². The Labute approximate surface area is 141 Å². The van der Waals surface area contributed by atoms with Gasteiger partial charge < -0.3 is 4.74 Å². The minimum atomic E-state index is 0.497. The fourth-order valence-corrected chi connectivity index (χ4v) is 4.44. The molecule has 116 valence electrons. The first kappa shape index (κ1) is 15.7. The number of nitrogens with zero attached hydrogens (tertiary/aromatic N) is 2. The molecule has 0 N–H and O–H groups in total. The van der Waals surface area contributed by atoms with Gasteiger partial charge in [-0.05, 0) is 31.9 Å². The van der Waals surface area contributed by atoms with Crippen LogP contribution in [0.2, 0.25) is 0 Å². The van der Waals surface area contributed by atoms with E-state index in [2.05, 4.69) is 69.8 Å². The van der Waals surface area contributed by atoms with E-state index in [1.165, 1.54) is 37.9 Å². The Morgan fingerprint density at radius 1 is 1.14 bits per heavy atom. The van der Waals surface area contributed by atoms with Crippen LogP contribution in [0.5, 0.6) is 0 Å². The second kappa shape index (κ2) is 7.40.